The maximum absolute atomic E-state index is 11.1. The number of hydrogen-bond acceptors (Lipinski definition) is 1. The largest absolute Gasteiger partial charge is 0.507 e. The Kier molecular flexibility index (Phi) is 9.68. The van der Waals surface area contributed by atoms with Gasteiger partial charge in [0.1, 0.15) is 17.3 Å². The van der Waals surface area contributed by atoms with Gasteiger partial charge in [-0.3, -0.25) is 0 Å². The summed E-state index contributed by atoms with van der Waals surface area (Å²) < 4.78 is 0. The SMILES string of the molecule is CC(C)(C)c1cc([S+](Cc2ccccc2)Cc2ccccc2)cc(C(C)(C)C)c1O.Cc1ccccc1. The Labute approximate surface area is 228 Å². The molecular weight excluding hydrogens is 468 g/mol. The van der Waals surface area contributed by atoms with Gasteiger partial charge < -0.3 is 5.11 Å². The van der Waals surface area contributed by atoms with Crippen LogP contribution in [0, 0.1) is 6.92 Å². The van der Waals surface area contributed by atoms with Crippen molar-refractivity contribution in [2.24, 2.45) is 0 Å². The Hall–Kier alpha value is -2.97. The number of rotatable bonds is 5. The van der Waals surface area contributed by atoms with Crippen LogP contribution in [0.1, 0.15) is 69.4 Å². The molecule has 194 valence electrons. The van der Waals surface area contributed by atoms with Gasteiger partial charge in [0.25, 0.3) is 0 Å². The van der Waals surface area contributed by atoms with Gasteiger partial charge in [-0.05, 0) is 17.8 Å². The van der Waals surface area contributed by atoms with Crippen molar-refractivity contribution in [1.29, 1.82) is 0 Å². The molecule has 0 heterocycles. The quantitative estimate of drug-likeness (QED) is 0.265. The Morgan fingerprint density at radius 3 is 1.22 bits per heavy atom. The zero-order chi connectivity index (χ0) is 27.1. The van der Waals surface area contributed by atoms with Gasteiger partial charge in [-0.2, -0.15) is 0 Å². The van der Waals surface area contributed by atoms with E-state index < -0.39 is 0 Å². The number of phenols is 1. The zero-order valence-electron chi connectivity index (χ0n) is 23.6. The second-order valence-corrected chi connectivity index (χ2v) is 13.8. The van der Waals surface area contributed by atoms with Crippen molar-refractivity contribution in [3.05, 3.63) is 131 Å². The van der Waals surface area contributed by atoms with Gasteiger partial charge in [-0.15, -0.1) is 0 Å². The summed E-state index contributed by atoms with van der Waals surface area (Å²) in [5.41, 5.74) is 5.90. The van der Waals surface area contributed by atoms with E-state index in [1.54, 1.807) is 0 Å². The average molecular weight is 512 g/mol. The number of hydrogen-bond donors (Lipinski definition) is 1. The highest BCUT2D eigenvalue weighted by atomic mass is 32.2. The van der Waals surface area contributed by atoms with Gasteiger partial charge >= 0.3 is 0 Å². The molecule has 0 aromatic heterocycles. The van der Waals surface area contributed by atoms with Crippen LogP contribution >= 0.6 is 0 Å². The number of aryl methyl sites for hydroxylation is 1. The van der Waals surface area contributed by atoms with E-state index in [-0.39, 0.29) is 21.7 Å². The third-order valence-corrected chi connectivity index (χ3v) is 8.61. The van der Waals surface area contributed by atoms with E-state index in [1.165, 1.54) is 21.6 Å². The van der Waals surface area contributed by atoms with Crippen molar-refractivity contribution in [3.63, 3.8) is 0 Å². The third kappa shape index (κ3) is 8.54. The molecule has 1 N–H and O–H groups in total. The minimum atomic E-state index is -0.116. The fraction of sp³-hybridized carbons (Fsp3) is 0.314. The van der Waals surface area contributed by atoms with Crippen LogP contribution in [-0.2, 0) is 33.2 Å². The summed E-state index contributed by atoms with van der Waals surface area (Å²) in [7, 11) is 0.000617. The lowest BCUT2D eigenvalue weighted by molar-refractivity contribution is 0.422. The molecule has 4 rings (SSSR count). The molecule has 4 aromatic carbocycles. The van der Waals surface area contributed by atoms with Crippen LogP contribution in [0.4, 0.5) is 0 Å². The van der Waals surface area contributed by atoms with E-state index in [4.69, 9.17) is 0 Å². The molecule has 0 saturated carbocycles. The van der Waals surface area contributed by atoms with Crippen LogP contribution < -0.4 is 0 Å². The lowest BCUT2D eigenvalue weighted by atomic mass is 9.79. The van der Waals surface area contributed by atoms with Crippen LogP contribution in [-0.4, -0.2) is 5.11 Å². The van der Waals surface area contributed by atoms with Crippen molar-refractivity contribution in [2.45, 2.75) is 75.7 Å². The Balaban J connectivity index is 0.000000468. The molecule has 37 heavy (non-hydrogen) atoms. The molecule has 0 aliphatic rings. The van der Waals surface area contributed by atoms with Crippen LogP contribution in [0.5, 0.6) is 5.75 Å². The maximum atomic E-state index is 11.1. The first kappa shape index (κ1) is 28.6. The summed E-state index contributed by atoms with van der Waals surface area (Å²) in [5, 5.41) is 11.1. The van der Waals surface area contributed by atoms with Gasteiger partial charge in [0, 0.05) is 45.3 Å². The highest BCUT2D eigenvalue weighted by Crippen LogP contribution is 2.41. The van der Waals surface area contributed by atoms with Gasteiger partial charge in [0.05, 0.1) is 0 Å². The Morgan fingerprint density at radius 2 is 0.919 bits per heavy atom. The number of benzene rings is 4. The average Bonchev–Trinajstić information content (AvgIpc) is 2.84. The van der Waals surface area contributed by atoms with Crippen LogP contribution in [0.15, 0.2) is 108 Å². The zero-order valence-corrected chi connectivity index (χ0v) is 24.4. The second-order valence-electron chi connectivity index (χ2n) is 11.8. The van der Waals surface area contributed by atoms with E-state index in [0.29, 0.717) is 5.75 Å². The first-order valence-electron chi connectivity index (χ1n) is 13.1. The standard InChI is InChI=1S/C28H34OS.C7H8/c1-27(2,3)24-17-23(18-25(26(24)29)28(4,5)6)30(19-21-13-9-7-10-14-21)20-22-15-11-8-12-16-22;1-7-5-3-2-4-6-7/h7-18H,19-20H2,1-6H3;2-6H,1H3/p+1. The number of aromatic hydroxyl groups is 1. The molecule has 2 heteroatoms. The highest BCUT2D eigenvalue weighted by Gasteiger charge is 2.32. The minimum Gasteiger partial charge on any atom is -0.507 e. The predicted octanol–water partition coefficient (Wildman–Crippen LogP) is 9.36. The topological polar surface area (TPSA) is 20.2 Å². The summed E-state index contributed by atoms with van der Waals surface area (Å²) in [6, 6.07) is 36.3. The van der Waals surface area contributed by atoms with Crippen molar-refractivity contribution in [3.8, 4) is 5.75 Å². The molecule has 0 aliphatic carbocycles. The van der Waals surface area contributed by atoms with E-state index in [2.05, 4.69) is 133 Å². The van der Waals surface area contributed by atoms with Crippen LogP contribution in [0.25, 0.3) is 0 Å². The molecule has 0 amide bonds. The van der Waals surface area contributed by atoms with Gasteiger partial charge in [0.15, 0.2) is 4.90 Å². The highest BCUT2D eigenvalue weighted by molar-refractivity contribution is 7.95. The number of phenolic OH excluding ortho intramolecular Hbond substituents is 1. The van der Waals surface area contributed by atoms with Gasteiger partial charge in [0.2, 0.25) is 0 Å². The first-order valence-corrected chi connectivity index (χ1v) is 14.7. The molecule has 0 saturated heterocycles. The van der Waals surface area contributed by atoms with Crippen LogP contribution in [0.2, 0.25) is 0 Å². The summed E-state index contributed by atoms with van der Waals surface area (Å²) in [5.74, 6) is 2.48. The summed E-state index contributed by atoms with van der Waals surface area (Å²) in [6.45, 7) is 15.2. The lowest BCUT2D eigenvalue weighted by Gasteiger charge is -2.28. The summed E-state index contributed by atoms with van der Waals surface area (Å²) in [4.78, 5) is 1.34. The van der Waals surface area contributed by atoms with E-state index >= 15 is 0 Å². The lowest BCUT2D eigenvalue weighted by Crippen LogP contribution is -2.20. The predicted molar refractivity (Wildman–Crippen MR) is 163 cm³/mol. The van der Waals surface area contributed by atoms with E-state index in [0.717, 1.165) is 22.6 Å². The van der Waals surface area contributed by atoms with Gasteiger partial charge in [-0.1, -0.05) is 138 Å². The minimum absolute atomic E-state index is 0.000617. The maximum Gasteiger partial charge on any atom is 0.156 e. The molecule has 0 radical (unpaired) electrons. The van der Waals surface area contributed by atoms with E-state index in [9.17, 15) is 5.11 Å². The fourth-order valence-electron chi connectivity index (χ4n) is 4.22. The fourth-order valence-corrected chi connectivity index (χ4v) is 6.42. The van der Waals surface area contributed by atoms with Crippen molar-refractivity contribution in [2.75, 3.05) is 0 Å². The van der Waals surface area contributed by atoms with Crippen LogP contribution in [0.3, 0.4) is 0 Å². The molecule has 0 fully saturated rings. The molecule has 0 bridgehead atoms. The first-order chi connectivity index (χ1) is 17.4. The summed E-state index contributed by atoms with van der Waals surface area (Å²) >= 11 is 0. The Bertz CT molecular complexity index is 1160. The molecule has 4 aromatic rings. The summed E-state index contributed by atoms with van der Waals surface area (Å²) in [6.07, 6.45) is 0. The van der Waals surface area contributed by atoms with Gasteiger partial charge in [-0.25, -0.2) is 0 Å². The third-order valence-electron chi connectivity index (χ3n) is 6.34. The van der Waals surface area contributed by atoms with E-state index in [1.807, 2.05) is 18.2 Å². The van der Waals surface area contributed by atoms with Crippen molar-refractivity contribution < 1.29 is 5.11 Å². The molecular formula is C35H43OS+. The molecule has 0 spiro atoms. The second kappa shape index (κ2) is 12.5. The molecule has 0 aliphatic heterocycles. The molecule has 0 atom stereocenters. The Morgan fingerprint density at radius 1 is 0.568 bits per heavy atom. The van der Waals surface area contributed by atoms with Crippen molar-refractivity contribution in [1.82, 2.24) is 0 Å². The van der Waals surface area contributed by atoms with Crippen molar-refractivity contribution >= 4 is 10.9 Å². The normalized spacial score (nSPS) is 11.7. The molecule has 1 nitrogen and oxygen atoms in total. The smallest absolute Gasteiger partial charge is 0.156 e. The monoisotopic (exact) mass is 511 g/mol. The molecule has 0 unspecified atom stereocenters.